The number of halogens is 2. The van der Waals surface area contributed by atoms with Gasteiger partial charge in [-0.2, -0.15) is 0 Å². The van der Waals surface area contributed by atoms with Gasteiger partial charge in [0.2, 0.25) is 5.89 Å². The Bertz CT molecular complexity index is 1740. The number of nitrogens with zero attached hydrogens (tertiary/aromatic N) is 5. The molecule has 2 aromatic carbocycles. The van der Waals surface area contributed by atoms with E-state index in [1.807, 2.05) is 29.2 Å². The lowest BCUT2D eigenvalue weighted by Gasteiger charge is -2.26. The van der Waals surface area contributed by atoms with Crippen molar-refractivity contribution in [2.45, 2.75) is 32.4 Å². The molecule has 216 valence electrons. The first-order chi connectivity index (χ1) is 20.4. The van der Waals surface area contributed by atoms with Gasteiger partial charge >= 0.3 is 5.97 Å². The number of carbonyl (C=O) groups is 1. The first-order valence-electron chi connectivity index (χ1n) is 13.6. The fourth-order valence-corrected chi connectivity index (χ4v) is 5.15. The van der Waals surface area contributed by atoms with Crippen molar-refractivity contribution in [3.05, 3.63) is 89.4 Å². The van der Waals surface area contributed by atoms with Crippen molar-refractivity contribution in [2.24, 2.45) is 0 Å². The maximum Gasteiger partial charge on any atom is 0.360 e. The number of oxazole rings is 1. The summed E-state index contributed by atoms with van der Waals surface area (Å²) in [5.74, 6) is 0.305. The number of aromatic nitrogens is 4. The van der Waals surface area contributed by atoms with Gasteiger partial charge in [-0.1, -0.05) is 12.1 Å². The van der Waals surface area contributed by atoms with Gasteiger partial charge in [0, 0.05) is 24.8 Å². The molecule has 4 heterocycles. The van der Waals surface area contributed by atoms with Gasteiger partial charge in [0.05, 0.1) is 19.8 Å². The van der Waals surface area contributed by atoms with Crippen LogP contribution in [0.1, 0.15) is 47.4 Å². The van der Waals surface area contributed by atoms with Gasteiger partial charge in [-0.3, -0.25) is 0 Å². The van der Waals surface area contributed by atoms with Gasteiger partial charge < -0.3 is 24.1 Å². The summed E-state index contributed by atoms with van der Waals surface area (Å²) in [6.07, 6.45) is 4.41. The minimum absolute atomic E-state index is 0.0182. The van der Waals surface area contributed by atoms with E-state index < -0.39 is 17.6 Å². The van der Waals surface area contributed by atoms with E-state index in [0.29, 0.717) is 42.4 Å². The van der Waals surface area contributed by atoms with Crippen molar-refractivity contribution in [1.29, 1.82) is 0 Å². The Balaban J connectivity index is 1.40. The molecule has 1 unspecified atom stereocenters. The molecule has 1 N–H and O–H groups in total. The Morgan fingerprint density at radius 1 is 1.14 bits per heavy atom. The van der Waals surface area contributed by atoms with Crippen LogP contribution in [-0.4, -0.2) is 45.8 Å². The van der Waals surface area contributed by atoms with Crippen LogP contribution >= 0.6 is 0 Å². The van der Waals surface area contributed by atoms with Crippen molar-refractivity contribution >= 4 is 23.3 Å². The lowest BCUT2D eigenvalue weighted by Crippen LogP contribution is -2.24. The second-order valence-corrected chi connectivity index (χ2v) is 9.75. The first-order valence-corrected chi connectivity index (χ1v) is 13.6. The van der Waals surface area contributed by atoms with Crippen LogP contribution in [0.2, 0.25) is 0 Å². The van der Waals surface area contributed by atoms with E-state index in [2.05, 4.69) is 15.4 Å². The Hall–Kier alpha value is -5.00. The van der Waals surface area contributed by atoms with Crippen LogP contribution in [0.15, 0.2) is 65.4 Å². The predicted octanol–water partition coefficient (Wildman–Crippen LogP) is 5.80. The minimum atomic E-state index is -0.609. The molecule has 0 amide bonds. The topological polar surface area (TPSA) is 107 Å². The quantitative estimate of drug-likeness (QED) is 0.219. The van der Waals surface area contributed by atoms with Crippen LogP contribution in [0.4, 0.5) is 20.4 Å². The maximum atomic E-state index is 14.7. The van der Waals surface area contributed by atoms with Gasteiger partial charge in [-0.15, -0.1) is 5.10 Å². The largest absolute Gasteiger partial charge is 0.497 e. The number of hydrogen-bond acceptors (Lipinski definition) is 9. The van der Waals surface area contributed by atoms with Crippen molar-refractivity contribution in [3.8, 4) is 17.2 Å². The molecule has 3 aromatic heterocycles. The molecule has 1 atom stereocenters. The zero-order valence-corrected chi connectivity index (χ0v) is 23.0. The molecule has 10 nitrogen and oxygen atoms in total. The highest BCUT2D eigenvalue weighted by atomic mass is 19.1. The van der Waals surface area contributed by atoms with Crippen LogP contribution in [0.3, 0.4) is 0 Å². The van der Waals surface area contributed by atoms with Gasteiger partial charge in [-0.25, -0.2) is 28.1 Å². The number of anilines is 2. The molecule has 1 aliphatic rings. The van der Waals surface area contributed by atoms with Crippen LogP contribution in [0.25, 0.3) is 17.1 Å². The second-order valence-electron chi connectivity index (χ2n) is 9.75. The highest BCUT2D eigenvalue weighted by Gasteiger charge is 2.31. The molecular weight excluding hydrogens is 546 g/mol. The summed E-state index contributed by atoms with van der Waals surface area (Å²) in [6.45, 7) is 2.94. The van der Waals surface area contributed by atoms with Crippen LogP contribution in [0, 0.1) is 11.6 Å². The van der Waals surface area contributed by atoms with Crippen molar-refractivity contribution in [1.82, 2.24) is 19.6 Å². The molecule has 0 spiro atoms. The van der Waals surface area contributed by atoms with Crippen molar-refractivity contribution in [2.75, 3.05) is 30.5 Å². The molecule has 0 bridgehead atoms. The molecule has 1 saturated heterocycles. The van der Waals surface area contributed by atoms with E-state index >= 15 is 0 Å². The van der Waals surface area contributed by atoms with E-state index in [-0.39, 0.29) is 29.8 Å². The minimum Gasteiger partial charge on any atom is -0.497 e. The summed E-state index contributed by atoms with van der Waals surface area (Å²) in [5, 5.41) is 8.00. The number of carbonyl (C=O) groups excluding carboxylic acids is 1. The number of fused-ring (bicyclic) bond motifs is 1. The average molecular weight is 575 g/mol. The highest BCUT2D eigenvalue weighted by Crippen LogP contribution is 2.38. The van der Waals surface area contributed by atoms with Crippen LogP contribution < -0.4 is 15.0 Å². The SMILES string of the molecule is CCOC(=O)c1coc(-c2c(NCc3ccc(OC)cc3)nn3ccc(N4CCCC4c4cc(F)ccc4F)nc23)n1. The number of ether oxygens (including phenoxy) is 2. The highest BCUT2D eigenvalue weighted by molar-refractivity contribution is 5.89. The zero-order chi connectivity index (χ0) is 29.2. The number of rotatable bonds is 9. The third-order valence-corrected chi connectivity index (χ3v) is 7.16. The second kappa shape index (κ2) is 11.5. The predicted molar refractivity (Wildman–Crippen MR) is 150 cm³/mol. The summed E-state index contributed by atoms with van der Waals surface area (Å²) in [7, 11) is 1.61. The van der Waals surface area contributed by atoms with E-state index in [9.17, 15) is 13.6 Å². The van der Waals surface area contributed by atoms with Crippen LogP contribution in [0.5, 0.6) is 5.75 Å². The number of nitrogens with one attached hydrogen (secondary N) is 1. The monoisotopic (exact) mass is 574 g/mol. The summed E-state index contributed by atoms with van der Waals surface area (Å²) >= 11 is 0. The van der Waals surface area contributed by atoms with Crippen LogP contribution in [-0.2, 0) is 11.3 Å². The van der Waals surface area contributed by atoms with Gasteiger partial charge in [0.15, 0.2) is 17.2 Å². The Labute approximate surface area is 239 Å². The number of esters is 1. The Morgan fingerprint density at radius 2 is 1.98 bits per heavy atom. The van der Waals surface area contributed by atoms with E-state index in [4.69, 9.17) is 18.9 Å². The number of hydrogen-bond donors (Lipinski definition) is 1. The molecule has 0 saturated carbocycles. The summed E-state index contributed by atoms with van der Waals surface area (Å²) in [4.78, 5) is 23.5. The summed E-state index contributed by atoms with van der Waals surface area (Å²) in [6, 6.07) is 12.5. The molecule has 42 heavy (non-hydrogen) atoms. The lowest BCUT2D eigenvalue weighted by atomic mass is 10.0. The number of methoxy groups -OCH3 is 1. The molecular formula is C30H28F2N6O4. The molecule has 1 aliphatic heterocycles. The molecule has 5 aromatic rings. The smallest absolute Gasteiger partial charge is 0.360 e. The fourth-order valence-electron chi connectivity index (χ4n) is 5.15. The first kappa shape index (κ1) is 27.2. The van der Waals surface area contributed by atoms with Gasteiger partial charge in [-0.05, 0) is 61.7 Å². The van der Waals surface area contributed by atoms with E-state index in [1.165, 1.54) is 12.3 Å². The Morgan fingerprint density at radius 3 is 2.76 bits per heavy atom. The average Bonchev–Trinajstić information content (AvgIpc) is 3.76. The lowest BCUT2D eigenvalue weighted by molar-refractivity contribution is 0.0519. The molecule has 12 heteroatoms. The maximum absolute atomic E-state index is 14.7. The van der Waals surface area contributed by atoms with Crippen molar-refractivity contribution in [3.63, 3.8) is 0 Å². The van der Waals surface area contributed by atoms with E-state index in [0.717, 1.165) is 29.9 Å². The normalized spacial score (nSPS) is 14.9. The van der Waals surface area contributed by atoms with E-state index in [1.54, 1.807) is 30.8 Å². The third-order valence-electron chi connectivity index (χ3n) is 7.16. The summed E-state index contributed by atoms with van der Waals surface area (Å²) in [5.41, 5.74) is 2.13. The standard InChI is InChI=1S/C30H28F2N6O4/c1-3-41-30(39)23-17-42-29(34-23)26-27(33-16-18-6-9-20(40-2)10-7-18)36-38-14-12-25(35-28(26)38)37-13-4-5-24(37)21-15-19(31)8-11-22(21)32/h6-12,14-15,17,24H,3-5,13,16H2,1-2H3,(H,33,36). The summed E-state index contributed by atoms with van der Waals surface area (Å²) < 4.78 is 46.4. The number of benzene rings is 2. The third kappa shape index (κ3) is 5.22. The Kier molecular flexibility index (Phi) is 7.43. The van der Waals surface area contributed by atoms with Gasteiger partial charge in [0.1, 0.15) is 35.0 Å². The fraction of sp³-hybridized carbons (Fsp3) is 0.267. The molecule has 0 aliphatic carbocycles. The molecule has 1 fully saturated rings. The van der Waals surface area contributed by atoms with Gasteiger partial charge in [0.25, 0.3) is 0 Å². The zero-order valence-electron chi connectivity index (χ0n) is 23.0. The molecule has 6 rings (SSSR count). The van der Waals surface area contributed by atoms with Crippen molar-refractivity contribution < 1.29 is 27.5 Å². The molecule has 0 radical (unpaired) electrons.